The summed E-state index contributed by atoms with van der Waals surface area (Å²) in [6.45, 7) is 13.5. The fourth-order valence-corrected chi connectivity index (χ4v) is 7.62. The van der Waals surface area contributed by atoms with Crippen LogP contribution in [0.1, 0.15) is 71.0 Å². The highest BCUT2D eigenvalue weighted by Crippen LogP contribution is 2.32. The molecule has 1 fully saturated rings. The van der Waals surface area contributed by atoms with Crippen LogP contribution < -0.4 is 32.1 Å². The second-order valence-electron chi connectivity index (χ2n) is 16.2. The van der Waals surface area contributed by atoms with Crippen molar-refractivity contribution >= 4 is 46.0 Å². The maximum absolute atomic E-state index is 13.4. The van der Waals surface area contributed by atoms with Gasteiger partial charge in [0.2, 0.25) is 11.8 Å². The van der Waals surface area contributed by atoms with E-state index in [-0.39, 0.29) is 35.4 Å². The normalized spacial score (nSPS) is 14.3. The average Bonchev–Trinajstić information content (AvgIpc) is 3.20. The fourth-order valence-electron chi connectivity index (χ4n) is 7.62. The van der Waals surface area contributed by atoms with Crippen LogP contribution in [-0.2, 0) is 29.2 Å². The highest BCUT2D eigenvalue weighted by Gasteiger charge is 2.32. The molecule has 5 aromatic rings. The molecule has 0 spiro atoms. The first kappa shape index (κ1) is 43.1. The molecule has 7 rings (SSSR count). The maximum atomic E-state index is 13.4. The summed E-state index contributed by atoms with van der Waals surface area (Å²) in [6.07, 6.45) is 1.87. The number of ether oxygens (including phenoxy) is 3. The van der Waals surface area contributed by atoms with Gasteiger partial charge < -0.3 is 49.4 Å². The molecule has 1 saturated heterocycles. The van der Waals surface area contributed by atoms with Gasteiger partial charge in [-0.1, -0.05) is 30.3 Å². The van der Waals surface area contributed by atoms with Gasteiger partial charge in [-0.05, 0) is 88.4 Å². The van der Waals surface area contributed by atoms with E-state index in [1.165, 1.54) is 16.7 Å². The van der Waals surface area contributed by atoms with Gasteiger partial charge in [-0.3, -0.25) is 19.2 Å². The summed E-state index contributed by atoms with van der Waals surface area (Å²) in [5.74, 6) is 0.146. The average molecular weight is 821 g/mol. The number of aryl methyl sites for hydroxylation is 2. The van der Waals surface area contributed by atoms with Gasteiger partial charge in [-0.2, -0.15) is 0 Å². The lowest BCUT2D eigenvalue weighted by Crippen LogP contribution is -2.49. The van der Waals surface area contributed by atoms with Gasteiger partial charge in [-0.25, -0.2) is 4.79 Å². The number of pyridine rings is 2. The molecule has 2 aliphatic heterocycles. The second kappa shape index (κ2) is 18.2. The van der Waals surface area contributed by atoms with Crippen LogP contribution in [0, 0.1) is 13.8 Å². The van der Waals surface area contributed by atoms with Crippen molar-refractivity contribution in [1.82, 2.24) is 18.9 Å². The number of amides is 3. The standard InChI is InChI=1S/C32H40N4O6.C13H12N2O3/c1-21-5-7-24-25(30(33)38)19-29(37)35(26(24)17-21)14-13-34-11-9-23(10-12-34)36(31(39)42-32(2,3)4)20-22-6-8-27-28(18-22)41-16-15-40-27;1-8-2-3-9-10(13(14)18)7-12(17)15(4-5-16)11(9)6-8/h5-8,17-19,23H,9-16,20H2,1-4H3,(H2,33,38);2-3,5-7H,4H2,1H3,(H2,14,18). The number of nitrogens with zero attached hydrogens (tertiary/aromatic N) is 4. The van der Waals surface area contributed by atoms with Crippen LogP contribution in [-0.4, -0.2) is 87.6 Å². The molecule has 3 amide bonds. The van der Waals surface area contributed by atoms with Crippen LogP contribution in [0.4, 0.5) is 4.79 Å². The van der Waals surface area contributed by atoms with Crippen LogP contribution >= 0.6 is 0 Å². The number of benzene rings is 3. The van der Waals surface area contributed by atoms with Crippen LogP contribution in [0.15, 0.2) is 76.3 Å². The summed E-state index contributed by atoms with van der Waals surface area (Å²) in [4.78, 5) is 76.3. The van der Waals surface area contributed by atoms with Crippen molar-refractivity contribution in [3.63, 3.8) is 0 Å². The van der Waals surface area contributed by atoms with E-state index >= 15 is 0 Å². The predicted octanol–water partition coefficient (Wildman–Crippen LogP) is 4.69. The topological polar surface area (TPSA) is 198 Å². The highest BCUT2D eigenvalue weighted by atomic mass is 16.6. The Morgan fingerprint density at radius 1 is 0.767 bits per heavy atom. The van der Waals surface area contributed by atoms with Crippen LogP contribution in [0.5, 0.6) is 11.5 Å². The Hall–Kier alpha value is -6.48. The number of hydrogen-bond acceptors (Lipinski definition) is 10. The van der Waals surface area contributed by atoms with E-state index in [0.717, 1.165) is 42.6 Å². The number of fused-ring (bicyclic) bond motifs is 3. The van der Waals surface area contributed by atoms with Crippen molar-refractivity contribution in [1.29, 1.82) is 0 Å². The van der Waals surface area contributed by atoms with Gasteiger partial charge in [-0.15, -0.1) is 0 Å². The maximum Gasteiger partial charge on any atom is 0.410 e. The number of carbonyl (C=O) groups is 4. The predicted molar refractivity (Wildman–Crippen MR) is 228 cm³/mol. The van der Waals surface area contributed by atoms with E-state index in [2.05, 4.69) is 4.90 Å². The molecule has 15 heteroatoms. The van der Waals surface area contributed by atoms with Crippen molar-refractivity contribution < 1.29 is 33.4 Å². The van der Waals surface area contributed by atoms with E-state index in [0.29, 0.717) is 72.4 Å². The summed E-state index contributed by atoms with van der Waals surface area (Å²) in [5.41, 5.74) is 14.1. The van der Waals surface area contributed by atoms with Crippen molar-refractivity contribution in [3.8, 4) is 11.5 Å². The van der Waals surface area contributed by atoms with Gasteiger partial charge in [0.25, 0.3) is 11.1 Å². The molecule has 60 heavy (non-hydrogen) atoms. The quantitative estimate of drug-likeness (QED) is 0.187. The molecule has 0 unspecified atom stereocenters. The molecule has 0 radical (unpaired) electrons. The number of hydrogen-bond donors (Lipinski definition) is 2. The minimum absolute atomic E-state index is 0.00496. The second-order valence-corrected chi connectivity index (χ2v) is 16.2. The first-order chi connectivity index (χ1) is 28.5. The highest BCUT2D eigenvalue weighted by molar-refractivity contribution is 6.06. The zero-order valence-electron chi connectivity index (χ0n) is 34.7. The zero-order valence-corrected chi connectivity index (χ0v) is 34.7. The number of aldehydes is 1. The number of carbonyl (C=O) groups excluding carboxylic acids is 4. The third-order valence-corrected chi connectivity index (χ3v) is 10.5. The minimum atomic E-state index is -0.654. The van der Waals surface area contributed by atoms with Crippen molar-refractivity contribution in [2.75, 3.05) is 32.8 Å². The Bertz CT molecular complexity index is 2570. The molecule has 15 nitrogen and oxygen atoms in total. The number of likely N-dealkylation sites (tertiary alicyclic amines) is 1. The molecule has 0 aliphatic carbocycles. The number of primary amides is 2. The van der Waals surface area contributed by atoms with E-state index < -0.39 is 23.0 Å². The van der Waals surface area contributed by atoms with Crippen molar-refractivity contribution in [3.05, 3.63) is 115 Å². The van der Waals surface area contributed by atoms with Gasteiger partial charge in [0.15, 0.2) is 11.5 Å². The summed E-state index contributed by atoms with van der Waals surface area (Å²) in [7, 11) is 0. The Labute approximate surface area is 347 Å². The summed E-state index contributed by atoms with van der Waals surface area (Å²) in [5, 5.41) is 1.26. The zero-order chi connectivity index (χ0) is 43.3. The van der Waals surface area contributed by atoms with E-state index in [1.807, 2.05) is 82.0 Å². The Morgan fingerprint density at radius 2 is 1.32 bits per heavy atom. The molecule has 0 bridgehead atoms. The Balaban J connectivity index is 0.000000279. The van der Waals surface area contributed by atoms with E-state index in [9.17, 15) is 28.8 Å². The van der Waals surface area contributed by atoms with Gasteiger partial charge >= 0.3 is 6.09 Å². The van der Waals surface area contributed by atoms with Gasteiger partial charge in [0.1, 0.15) is 25.1 Å². The van der Waals surface area contributed by atoms with Crippen LogP contribution in [0.25, 0.3) is 21.8 Å². The fraction of sp³-hybridized carbons (Fsp3) is 0.378. The summed E-state index contributed by atoms with van der Waals surface area (Å²) in [6, 6.07) is 19.3. The van der Waals surface area contributed by atoms with E-state index in [4.69, 9.17) is 25.7 Å². The minimum Gasteiger partial charge on any atom is -0.486 e. The smallest absolute Gasteiger partial charge is 0.410 e. The van der Waals surface area contributed by atoms with Crippen LogP contribution in [0.2, 0.25) is 0 Å². The first-order valence-corrected chi connectivity index (χ1v) is 19.9. The molecule has 0 atom stereocenters. The first-order valence-electron chi connectivity index (χ1n) is 19.9. The molecule has 0 saturated carbocycles. The molecule has 2 aliphatic rings. The number of rotatable bonds is 10. The third-order valence-electron chi connectivity index (χ3n) is 10.5. The van der Waals surface area contributed by atoms with Gasteiger partial charge in [0.05, 0.1) is 28.7 Å². The molecular formula is C45H52N6O9. The van der Waals surface area contributed by atoms with E-state index in [1.54, 1.807) is 16.7 Å². The molecule has 2 aromatic heterocycles. The molecule has 3 aromatic carbocycles. The Morgan fingerprint density at radius 3 is 1.87 bits per heavy atom. The van der Waals surface area contributed by atoms with Gasteiger partial charge in [0, 0.05) is 61.7 Å². The third kappa shape index (κ3) is 10.0. The summed E-state index contributed by atoms with van der Waals surface area (Å²) >= 11 is 0. The number of piperidine rings is 1. The lowest BCUT2D eigenvalue weighted by molar-refractivity contribution is -0.108. The SMILES string of the molecule is Cc1ccc2c(C(N)=O)cc(=O)n(CC=O)c2c1.Cc1ccc2c(C(N)=O)cc(=O)n(CCN3CCC(N(Cc4ccc5c(c4)OCCO5)C(=O)OC(C)(C)C)CC3)c2c1. The monoisotopic (exact) mass is 820 g/mol. The number of nitrogens with two attached hydrogens (primary N) is 2. The van der Waals surface area contributed by atoms with Crippen molar-refractivity contribution in [2.24, 2.45) is 11.5 Å². The van der Waals surface area contributed by atoms with Crippen LogP contribution in [0.3, 0.4) is 0 Å². The molecule has 4 heterocycles. The van der Waals surface area contributed by atoms with Crippen molar-refractivity contribution in [2.45, 2.75) is 78.7 Å². The lowest BCUT2D eigenvalue weighted by Gasteiger charge is -2.39. The summed E-state index contributed by atoms with van der Waals surface area (Å²) < 4.78 is 20.3. The molecular weight excluding hydrogens is 769 g/mol. The molecule has 4 N–H and O–H groups in total. The Kier molecular flexibility index (Phi) is 13.1. The largest absolute Gasteiger partial charge is 0.486 e. The molecule has 316 valence electrons. The lowest BCUT2D eigenvalue weighted by atomic mass is 10.0. The number of aromatic nitrogens is 2.